The van der Waals surface area contributed by atoms with Crippen LogP contribution in [0.5, 0.6) is 0 Å². The number of fused-ring (bicyclic) bond motifs is 1. The third-order valence-corrected chi connectivity index (χ3v) is 7.28. The molecule has 0 aliphatic carbocycles. The summed E-state index contributed by atoms with van der Waals surface area (Å²) in [6, 6.07) is 18.5. The van der Waals surface area contributed by atoms with Crippen molar-refractivity contribution in [2.75, 3.05) is 10.8 Å². The molecular formula is C25H32N2O2S. The molecule has 30 heavy (non-hydrogen) atoms. The van der Waals surface area contributed by atoms with Gasteiger partial charge in [-0.05, 0) is 30.7 Å². The van der Waals surface area contributed by atoms with Crippen LogP contribution in [-0.4, -0.2) is 19.9 Å². The third-order valence-electron chi connectivity index (χ3n) is 5.42. The molecule has 2 aromatic carbocycles. The predicted octanol–water partition coefficient (Wildman–Crippen LogP) is 6.57. The Morgan fingerprint density at radius 2 is 1.43 bits per heavy atom. The van der Waals surface area contributed by atoms with Gasteiger partial charge in [0.2, 0.25) is 0 Å². The summed E-state index contributed by atoms with van der Waals surface area (Å²) in [7, 11) is -3.71. The number of pyridine rings is 1. The first-order valence-electron chi connectivity index (χ1n) is 11.1. The summed E-state index contributed by atoms with van der Waals surface area (Å²) in [5.74, 6) is 0. The number of hydrogen-bond donors (Lipinski definition) is 0. The SMILES string of the molecule is CCCCCCCCCCN(c1ccccc1)S(=O)(=O)c1cccc2cccnc12. The highest BCUT2D eigenvalue weighted by Crippen LogP contribution is 2.28. The quantitative estimate of drug-likeness (QED) is 0.309. The molecule has 1 aromatic heterocycles. The van der Waals surface area contributed by atoms with Gasteiger partial charge < -0.3 is 0 Å². The van der Waals surface area contributed by atoms with Crippen molar-refractivity contribution in [3.8, 4) is 0 Å². The summed E-state index contributed by atoms with van der Waals surface area (Å²) in [5, 5.41) is 0.832. The van der Waals surface area contributed by atoms with E-state index in [9.17, 15) is 8.42 Å². The van der Waals surface area contributed by atoms with Crippen molar-refractivity contribution in [1.29, 1.82) is 0 Å². The number of rotatable bonds is 12. The molecule has 0 amide bonds. The van der Waals surface area contributed by atoms with E-state index in [0.717, 1.165) is 24.6 Å². The van der Waals surface area contributed by atoms with E-state index in [0.29, 0.717) is 17.7 Å². The van der Waals surface area contributed by atoms with Gasteiger partial charge in [-0.15, -0.1) is 0 Å². The number of sulfonamides is 1. The lowest BCUT2D eigenvalue weighted by molar-refractivity contribution is 0.569. The Morgan fingerprint density at radius 3 is 2.17 bits per heavy atom. The predicted molar refractivity (Wildman–Crippen MR) is 125 cm³/mol. The molecule has 0 unspecified atom stereocenters. The van der Waals surface area contributed by atoms with Gasteiger partial charge in [0.05, 0.1) is 11.2 Å². The van der Waals surface area contributed by atoms with Crippen molar-refractivity contribution < 1.29 is 8.42 Å². The maximum absolute atomic E-state index is 13.7. The van der Waals surface area contributed by atoms with E-state index in [1.807, 2.05) is 48.5 Å². The summed E-state index contributed by atoms with van der Waals surface area (Å²) in [5.41, 5.74) is 1.23. The van der Waals surface area contributed by atoms with Crippen LogP contribution in [0.25, 0.3) is 10.9 Å². The van der Waals surface area contributed by atoms with Gasteiger partial charge in [0.15, 0.2) is 0 Å². The lowest BCUT2D eigenvalue weighted by Crippen LogP contribution is -2.32. The molecule has 0 atom stereocenters. The molecule has 0 aliphatic heterocycles. The normalized spacial score (nSPS) is 11.6. The van der Waals surface area contributed by atoms with Gasteiger partial charge in [0.25, 0.3) is 10.0 Å². The molecule has 0 fully saturated rings. The number of unbranched alkanes of at least 4 members (excludes halogenated alkanes) is 7. The summed E-state index contributed by atoms with van der Waals surface area (Å²) in [6.07, 6.45) is 11.1. The van der Waals surface area contributed by atoms with Crippen LogP contribution in [0.3, 0.4) is 0 Å². The van der Waals surface area contributed by atoms with Crippen LogP contribution in [-0.2, 0) is 10.0 Å². The molecule has 0 aliphatic rings. The molecule has 5 heteroatoms. The van der Waals surface area contributed by atoms with Crippen molar-refractivity contribution in [3.63, 3.8) is 0 Å². The standard InChI is InChI=1S/C25H32N2O2S/c1-2-3-4-5-6-7-8-12-21-27(23-17-10-9-11-18-23)30(28,29)24-19-13-15-22-16-14-20-26-25(22)24/h9-11,13-20H,2-8,12,21H2,1H3. The maximum Gasteiger partial charge on any atom is 0.266 e. The molecule has 1 heterocycles. The van der Waals surface area contributed by atoms with Crippen molar-refractivity contribution >= 4 is 26.6 Å². The molecule has 4 nitrogen and oxygen atoms in total. The zero-order chi connectivity index (χ0) is 21.2. The second-order valence-electron chi connectivity index (χ2n) is 7.72. The molecule has 0 saturated heterocycles. The first-order chi connectivity index (χ1) is 14.6. The van der Waals surface area contributed by atoms with E-state index < -0.39 is 10.0 Å². The smallest absolute Gasteiger partial charge is 0.266 e. The van der Waals surface area contributed by atoms with Crippen LogP contribution < -0.4 is 4.31 Å². The Kier molecular flexibility index (Phi) is 8.26. The van der Waals surface area contributed by atoms with Crippen molar-refractivity contribution in [2.45, 2.75) is 63.2 Å². The van der Waals surface area contributed by atoms with Gasteiger partial charge in [-0.1, -0.05) is 88.3 Å². The zero-order valence-corrected chi connectivity index (χ0v) is 18.7. The van der Waals surface area contributed by atoms with Crippen molar-refractivity contribution in [3.05, 3.63) is 66.9 Å². The Labute approximate surface area is 181 Å². The monoisotopic (exact) mass is 424 g/mol. The first-order valence-corrected chi connectivity index (χ1v) is 12.5. The fraction of sp³-hybridized carbons (Fsp3) is 0.400. The Bertz CT molecular complexity index is 1010. The van der Waals surface area contributed by atoms with Crippen molar-refractivity contribution in [2.24, 2.45) is 0 Å². The molecule has 0 saturated carbocycles. The summed E-state index contributed by atoms with van der Waals surface area (Å²) in [6.45, 7) is 2.70. The summed E-state index contributed by atoms with van der Waals surface area (Å²) in [4.78, 5) is 4.63. The number of nitrogens with zero attached hydrogens (tertiary/aromatic N) is 2. The minimum atomic E-state index is -3.71. The van der Waals surface area contributed by atoms with Crippen LogP contribution in [0.4, 0.5) is 5.69 Å². The topological polar surface area (TPSA) is 50.3 Å². The number of hydrogen-bond acceptors (Lipinski definition) is 3. The average Bonchev–Trinajstić information content (AvgIpc) is 2.78. The average molecular weight is 425 g/mol. The number of benzene rings is 2. The lowest BCUT2D eigenvalue weighted by atomic mass is 10.1. The number of anilines is 1. The van der Waals surface area contributed by atoms with Crippen LogP contribution in [0.2, 0.25) is 0 Å². The van der Waals surface area contributed by atoms with Crippen LogP contribution in [0.15, 0.2) is 71.8 Å². The first kappa shape index (κ1) is 22.3. The van der Waals surface area contributed by atoms with Gasteiger partial charge in [-0.25, -0.2) is 8.42 Å². The van der Waals surface area contributed by atoms with Gasteiger partial charge in [-0.3, -0.25) is 9.29 Å². The molecule has 3 aromatic rings. The van der Waals surface area contributed by atoms with Crippen molar-refractivity contribution in [1.82, 2.24) is 4.98 Å². The van der Waals surface area contributed by atoms with Crippen LogP contribution in [0.1, 0.15) is 58.3 Å². The minimum Gasteiger partial charge on any atom is -0.266 e. The Hall–Kier alpha value is -2.40. The van der Waals surface area contributed by atoms with E-state index in [2.05, 4.69) is 11.9 Å². The van der Waals surface area contributed by atoms with Gasteiger partial charge >= 0.3 is 0 Å². The zero-order valence-electron chi connectivity index (χ0n) is 17.8. The molecule has 0 bridgehead atoms. The molecule has 3 rings (SSSR count). The third kappa shape index (κ3) is 5.60. The molecule has 0 radical (unpaired) electrons. The molecule has 0 N–H and O–H groups in total. The van der Waals surface area contributed by atoms with E-state index in [-0.39, 0.29) is 4.90 Å². The minimum absolute atomic E-state index is 0.268. The largest absolute Gasteiger partial charge is 0.266 e. The van der Waals surface area contributed by atoms with E-state index in [4.69, 9.17) is 0 Å². The van der Waals surface area contributed by atoms with Gasteiger partial charge in [0, 0.05) is 18.1 Å². The van der Waals surface area contributed by atoms with Crippen LogP contribution in [0, 0.1) is 0 Å². The summed E-state index contributed by atoms with van der Waals surface area (Å²) < 4.78 is 28.9. The Morgan fingerprint density at radius 1 is 0.767 bits per heavy atom. The van der Waals surface area contributed by atoms with Gasteiger partial charge in [-0.2, -0.15) is 0 Å². The molecule has 160 valence electrons. The number of para-hydroxylation sites is 2. The molecule has 0 spiro atoms. The maximum atomic E-state index is 13.7. The van der Waals surface area contributed by atoms with E-state index >= 15 is 0 Å². The second kappa shape index (κ2) is 11.1. The van der Waals surface area contributed by atoms with E-state index in [1.54, 1.807) is 22.6 Å². The van der Waals surface area contributed by atoms with Gasteiger partial charge in [0.1, 0.15) is 4.90 Å². The van der Waals surface area contributed by atoms with Crippen LogP contribution >= 0.6 is 0 Å². The highest BCUT2D eigenvalue weighted by atomic mass is 32.2. The Balaban J connectivity index is 1.77. The second-order valence-corrected chi connectivity index (χ2v) is 9.55. The highest BCUT2D eigenvalue weighted by molar-refractivity contribution is 7.93. The fourth-order valence-corrected chi connectivity index (χ4v) is 5.45. The highest BCUT2D eigenvalue weighted by Gasteiger charge is 2.26. The number of aromatic nitrogens is 1. The summed E-state index contributed by atoms with van der Waals surface area (Å²) >= 11 is 0. The lowest BCUT2D eigenvalue weighted by Gasteiger charge is -2.25. The van der Waals surface area contributed by atoms with E-state index in [1.165, 1.54) is 32.1 Å². The molecular weight excluding hydrogens is 392 g/mol. The fourth-order valence-electron chi connectivity index (χ4n) is 3.77.